The first-order chi connectivity index (χ1) is 8.13. The van der Waals surface area contributed by atoms with Gasteiger partial charge in [-0.15, -0.1) is 0 Å². The Morgan fingerprint density at radius 1 is 1.41 bits per heavy atom. The fraction of sp³-hybridized carbons (Fsp3) is 0.250. The number of aromatic nitrogens is 2. The Hall–Kier alpha value is -0.590. The standard InChI is InChI=1S/C12H13ClIN3/c1-2-17-12(10(13)7-16-17)11(15)8-3-5-9(14)6-4-8/h3-7,11H,2,15H2,1H3. The number of hydrogen-bond donors (Lipinski definition) is 1. The smallest absolute Gasteiger partial charge is 0.0837 e. The molecule has 0 aliphatic carbocycles. The Balaban J connectivity index is 2.39. The van der Waals surface area contributed by atoms with Gasteiger partial charge in [-0.3, -0.25) is 4.68 Å². The van der Waals surface area contributed by atoms with Crippen LogP contribution in [-0.4, -0.2) is 9.78 Å². The molecular formula is C12H13ClIN3. The molecule has 0 aliphatic rings. The summed E-state index contributed by atoms with van der Waals surface area (Å²) in [5, 5.41) is 4.82. The lowest BCUT2D eigenvalue weighted by Gasteiger charge is -2.14. The largest absolute Gasteiger partial charge is 0.319 e. The maximum Gasteiger partial charge on any atom is 0.0837 e. The second-order valence-corrected chi connectivity index (χ2v) is 5.38. The highest BCUT2D eigenvalue weighted by molar-refractivity contribution is 14.1. The van der Waals surface area contributed by atoms with Crippen LogP contribution in [0.3, 0.4) is 0 Å². The molecule has 0 amide bonds. The van der Waals surface area contributed by atoms with Crippen LogP contribution in [0.4, 0.5) is 0 Å². The van der Waals surface area contributed by atoms with Gasteiger partial charge in [0, 0.05) is 10.1 Å². The van der Waals surface area contributed by atoms with Gasteiger partial charge in [0.1, 0.15) is 0 Å². The highest BCUT2D eigenvalue weighted by Crippen LogP contribution is 2.26. The van der Waals surface area contributed by atoms with Crippen LogP contribution in [0.2, 0.25) is 5.02 Å². The molecule has 0 radical (unpaired) electrons. The van der Waals surface area contributed by atoms with E-state index >= 15 is 0 Å². The molecule has 1 atom stereocenters. The third-order valence-corrected chi connectivity index (χ3v) is 3.67. The van der Waals surface area contributed by atoms with Crippen LogP contribution >= 0.6 is 34.2 Å². The molecule has 1 heterocycles. The summed E-state index contributed by atoms with van der Waals surface area (Å²) in [6, 6.07) is 7.89. The number of halogens is 2. The zero-order valence-electron chi connectivity index (χ0n) is 9.40. The second-order valence-electron chi connectivity index (χ2n) is 3.72. The molecule has 2 aromatic rings. The summed E-state index contributed by atoms with van der Waals surface area (Å²) in [5.41, 5.74) is 8.16. The van der Waals surface area contributed by atoms with Gasteiger partial charge in [0.2, 0.25) is 0 Å². The lowest BCUT2D eigenvalue weighted by atomic mass is 10.0. The Kier molecular flexibility index (Phi) is 4.06. The molecule has 3 nitrogen and oxygen atoms in total. The normalized spacial score (nSPS) is 12.7. The van der Waals surface area contributed by atoms with E-state index in [1.165, 1.54) is 3.57 Å². The Morgan fingerprint density at radius 3 is 2.65 bits per heavy atom. The monoisotopic (exact) mass is 361 g/mol. The first-order valence-electron chi connectivity index (χ1n) is 5.35. The number of nitrogens with two attached hydrogens (primary N) is 1. The topological polar surface area (TPSA) is 43.8 Å². The molecule has 5 heteroatoms. The summed E-state index contributed by atoms with van der Waals surface area (Å²) in [4.78, 5) is 0. The quantitative estimate of drug-likeness (QED) is 0.853. The van der Waals surface area contributed by atoms with Crippen LogP contribution < -0.4 is 5.73 Å². The van der Waals surface area contributed by atoms with Crippen LogP contribution in [0, 0.1) is 3.57 Å². The number of aryl methyl sites for hydroxylation is 1. The van der Waals surface area contributed by atoms with Crippen molar-refractivity contribution in [2.45, 2.75) is 19.5 Å². The van der Waals surface area contributed by atoms with Gasteiger partial charge in [-0.1, -0.05) is 23.7 Å². The molecule has 1 aromatic carbocycles. The van der Waals surface area contributed by atoms with E-state index in [4.69, 9.17) is 17.3 Å². The predicted octanol–water partition coefficient (Wildman–Crippen LogP) is 3.21. The van der Waals surface area contributed by atoms with Gasteiger partial charge in [0.25, 0.3) is 0 Å². The van der Waals surface area contributed by atoms with Gasteiger partial charge in [-0.25, -0.2) is 0 Å². The van der Waals surface area contributed by atoms with Crippen molar-refractivity contribution < 1.29 is 0 Å². The molecule has 0 spiro atoms. The molecule has 2 rings (SSSR count). The molecule has 0 bridgehead atoms. The average Bonchev–Trinajstić information content (AvgIpc) is 2.70. The van der Waals surface area contributed by atoms with Crippen LogP contribution in [0.5, 0.6) is 0 Å². The van der Waals surface area contributed by atoms with Crippen LogP contribution in [0.25, 0.3) is 0 Å². The Morgan fingerprint density at radius 2 is 2.06 bits per heavy atom. The molecule has 90 valence electrons. The van der Waals surface area contributed by atoms with Crippen LogP contribution in [0.15, 0.2) is 30.5 Å². The molecule has 0 aliphatic heterocycles. The maximum atomic E-state index is 6.24. The lowest BCUT2D eigenvalue weighted by Crippen LogP contribution is -2.17. The number of benzene rings is 1. The van der Waals surface area contributed by atoms with Gasteiger partial charge in [-0.2, -0.15) is 5.10 Å². The van der Waals surface area contributed by atoms with Crippen LogP contribution in [-0.2, 0) is 6.54 Å². The maximum absolute atomic E-state index is 6.24. The zero-order valence-corrected chi connectivity index (χ0v) is 12.3. The SMILES string of the molecule is CCn1ncc(Cl)c1C(N)c1ccc(I)cc1. The van der Waals surface area contributed by atoms with Gasteiger partial charge in [0.15, 0.2) is 0 Å². The van der Waals surface area contributed by atoms with Crippen molar-refractivity contribution in [1.82, 2.24) is 9.78 Å². The van der Waals surface area contributed by atoms with E-state index in [2.05, 4.69) is 27.7 Å². The third-order valence-electron chi connectivity index (χ3n) is 2.66. The van der Waals surface area contributed by atoms with E-state index < -0.39 is 0 Å². The fourth-order valence-electron chi connectivity index (χ4n) is 1.76. The van der Waals surface area contributed by atoms with E-state index in [0.29, 0.717) is 5.02 Å². The first-order valence-corrected chi connectivity index (χ1v) is 6.81. The third kappa shape index (κ3) is 2.64. The summed E-state index contributed by atoms with van der Waals surface area (Å²) < 4.78 is 3.03. The van der Waals surface area contributed by atoms with E-state index in [9.17, 15) is 0 Å². The van der Waals surface area contributed by atoms with Gasteiger partial charge in [0.05, 0.1) is 23.0 Å². The van der Waals surface area contributed by atoms with Crippen molar-refractivity contribution >= 4 is 34.2 Å². The average molecular weight is 362 g/mol. The van der Waals surface area contributed by atoms with Gasteiger partial charge in [-0.05, 0) is 47.2 Å². The van der Waals surface area contributed by atoms with E-state index in [1.54, 1.807) is 6.20 Å². The molecule has 0 saturated carbocycles. The van der Waals surface area contributed by atoms with Crippen molar-refractivity contribution in [1.29, 1.82) is 0 Å². The van der Waals surface area contributed by atoms with E-state index in [-0.39, 0.29) is 6.04 Å². The van der Waals surface area contributed by atoms with Crippen LogP contribution in [0.1, 0.15) is 24.2 Å². The summed E-state index contributed by atoms with van der Waals surface area (Å²) in [7, 11) is 0. The van der Waals surface area contributed by atoms with Gasteiger partial charge >= 0.3 is 0 Å². The van der Waals surface area contributed by atoms with E-state index in [1.807, 2.05) is 35.9 Å². The molecule has 0 saturated heterocycles. The molecule has 1 aromatic heterocycles. The lowest BCUT2D eigenvalue weighted by molar-refractivity contribution is 0.601. The molecule has 2 N–H and O–H groups in total. The summed E-state index contributed by atoms with van der Waals surface area (Å²) >= 11 is 8.40. The second kappa shape index (κ2) is 5.37. The summed E-state index contributed by atoms with van der Waals surface area (Å²) in [6.45, 7) is 2.79. The van der Waals surface area contributed by atoms with Crippen molar-refractivity contribution in [2.24, 2.45) is 5.73 Å². The molecular weight excluding hydrogens is 349 g/mol. The van der Waals surface area contributed by atoms with Crippen molar-refractivity contribution in [2.75, 3.05) is 0 Å². The minimum Gasteiger partial charge on any atom is -0.319 e. The van der Waals surface area contributed by atoms with Gasteiger partial charge < -0.3 is 5.73 Å². The summed E-state index contributed by atoms with van der Waals surface area (Å²) in [5.74, 6) is 0. The minimum absolute atomic E-state index is 0.234. The van der Waals surface area contributed by atoms with E-state index in [0.717, 1.165) is 17.8 Å². The number of hydrogen-bond acceptors (Lipinski definition) is 2. The Labute approximate surface area is 119 Å². The Bertz CT molecular complexity index is 507. The van der Waals surface area contributed by atoms with Crippen molar-refractivity contribution in [3.8, 4) is 0 Å². The molecule has 1 unspecified atom stereocenters. The minimum atomic E-state index is -0.234. The first kappa shape index (κ1) is 12.9. The highest BCUT2D eigenvalue weighted by Gasteiger charge is 2.17. The molecule has 17 heavy (non-hydrogen) atoms. The fourth-order valence-corrected chi connectivity index (χ4v) is 2.38. The highest BCUT2D eigenvalue weighted by atomic mass is 127. The zero-order chi connectivity index (χ0) is 12.4. The number of nitrogens with zero attached hydrogens (tertiary/aromatic N) is 2. The number of rotatable bonds is 3. The van der Waals surface area contributed by atoms with Crippen molar-refractivity contribution in [3.05, 3.63) is 50.3 Å². The summed E-state index contributed by atoms with van der Waals surface area (Å²) in [6.07, 6.45) is 1.65. The predicted molar refractivity (Wildman–Crippen MR) is 78.1 cm³/mol. The van der Waals surface area contributed by atoms with Crippen molar-refractivity contribution in [3.63, 3.8) is 0 Å². The molecule has 0 fully saturated rings.